The van der Waals surface area contributed by atoms with Crippen LogP contribution in [-0.4, -0.2) is 23.9 Å². The first-order valence-corrected chi connectivity index (χ1v) is 9.21. The molecule has 3 heteroatoms. The topological polar surface area (TPSA) is 32.3 Å². The number of nitrogens with one attached hydrogen (secondary N) is 1. The summed E-state index contributed by atoms with van der Waals surface area (Å²) in [6.45, 7) is 9.79. The number of piperidine rings is 1. The Morgan fingerprint density at radius 3 is 2.36 bits per heavy atom. The number of amides is 1. The predicted molar refractivity (Wildman–Crippen MR) is 104 cm³/mol. The molecular formula is C22H28N2O. The lowest BCUT2D eigenvalue weighted by molar-refractivity contribution is 0.102. The Balaban J connectivity index is 1.58. The highest BCUT2D eigenvalue weighted by Crippen LogP contribution is 2.19. The van der Waals surface area contributed by atoms with Crippen LogP contribution in [0.4, 0.5) is 5.69 Å². The van der Waals surface area contributed by atoms with E-state index >= 15 is 0 Å². The van der Waals surface area contributed by atoms with Crippen molar-refractivity contribution in [2.75, 3.05) is 18.4 Å². The van der Waals surface area contributed by atoms with E-state index in [1.165, 1.54) is 37.1 Å². The van der Waals surface area contributed by atoms with Gasteiger partial charge in [-0.15, -0.1) is 0 Å². The normalized spacial score (nSPS) is 16.0. The average Bonchev–Trinajstić information content (AvgIpc) is 2.61. The maximum absolute atomic E-state index is 12.4. The van der Waals surface area contributed by atoms with E-state index in [1.807, 2.05) is 37.3 Å². The second kappa shape index (κ2) is 7.83. The van der Waals surface area contributed by atoms with Gasteiger partial charge in [0.1, 0.15) is 0 Å². The number of nitrogens with zero attached hydrogens (tertiary/aromatic N) is 1. The van der Waals surface area contributed by atoms with Crippen molar-refractivity contribution >= 4 is 11.6 Å². The van der Waals surface area contributed by atoms with Gasteiger partial charge in [-0.25, -0.2) is 0 Å². The molecule has 1 aliphatic rings. The molecule has 1 N–H and O–H groups in total. The van der Waals surface area contributed by atoms with E-state index in [1.54, 1.807) is 0 Å². The van der Waals surface area contributed by atoms with Crippen molar-refractivity contribution in [3.63, 3.8) is 0 Å². The van der Waals surface area contributed by atoms with Crippen LogP contribution in [0.5, 0.6) is 0 Å². The van der Waals surface area contributed by atoms with Crippen molar-refractivity contribution in [1.29, 1.82) is 0 Å². The van der Waals surface area contributed by atoms with Gasteiger partial charge >= 0.3 is 0 Å². The smallest absolute Gasteiger partial charge is 0.255 e. The summed E-state index contributed by atoms with van der Waals surface area (Å²) >= 11 is 0. The summed E-state index contributed by atoms with van der Waals surface area (Å²) in [5.41, 5.74) is 5.19. The SMILES string of the molecule is Cc1ccc(C(=O)Nc2ccc(CN3CCC(C)CC3)cc2)cc1C. The van der Waals surface area contributed by atoms with E-state index in [0.29, 0.717) is 5.56 Å². The van der Waals surface area contributed by atoms with Gasteiger partial charge in [-0.3, -0.25) is 9.69 Å². The summed E-state index contributed by atoms with van der Waals surface area (Å²) in [5, 5.41) is 2.99. The first-order valence-electron chi connectivity index (χ1n) is 9.21. The van der Waals surface area contributed by atoms with Crippen LogP contribution in [0.1, 0.15) is 46.8 Å². The Hall–Kier alpha value is -2.13. The van der Waals surface area contributed by atoms with Gasteiger partial charge in [0.05, 0.1) is 0 Å². The number of hydrogen-bond acceptors (Lipinski definition) is 2. The minimum absolute atomic E-state index is 0.0548. The molecule has 0 saturated carbocycles. The van der Waals surface area contributed by atoms with E-state index in [-0.39, 0.29) is 5.91 Å². The molecule has 0 unspecified atom stereocenters. The van der Waals surface area contributed by atoms with E-state index in [2.05, 4.69) is 36.2 Å². The second-order valence-corrected chi connectivity index (χ2v) is 7.41. The lowest BCUT2D eigenvalue weighted by Gasteiger charge is -2.30. The number of carbonyl (C=O) groups excluding carboxylic acids is 1. The molecule has 0 bridgehead atoms. The number of hydrogen-bond donors (Lipinski definition) is 1. The van der Waals surface area contributed by atoms with Gasteiger partial charge in [-0.2, -0.15) is 0 Å². The molecule has 2 aromatic carbocycles. The molecule has 3 nitrogen and oxygen atoms in total. The minimum atomic E-state index is -0.0548. The average molecular weight is 336 g/mol. The molecule has 1 fully saturated rings. The third-order valence-corrected chi connectivity index (χ3v) is 5.26. The van der Waals surface area contributed by atoms with Gasteiger partial charge in [0.2, 0.25) is 0 Å². The van der Waals surface area contributed by atoms with Crippen molar-refractivity contribution in [3.8, 4) is 0 Å². The maximum Gasteiger partial charge on any atom is 0.255 e. The summed E-state index contributed by atoms with van der Waals surface area (Å²) < 4.78 is 0. The van der Waals surface area contributed by atoms with E-state index in [4.69, 9.17) is 0 Å². The second-order valence-electron chi connectivity index (χ2n) is 7.41. The Morgan fingerprint density at radius 2 is 1.72 bits per heavy atom. The van der Waals surface area contributed by atoms with Crippen molar-refractivity contribution in [2.45, 2.75) is 40.2 Å². The molecule has 1 aliphatic heterocycles. The van der Waals surface area contributed by atoms with Crippen LogP contribution in [0.15, 0.2) is 42.5 Å². The van der Waals surface area contributed by atoms with Gasteiger partial charge < -0.3 is 5.32 Å². The Kier molecular flexibility index (Phi) is 5.54. The Labute approximate surface area is 151 Å². The Bertz CT molecular complexity index is 728. The van der Waals surface area contributed by atoms with Crippen molar-refractivity contribution < 1.29 is 4.79 Å². The van der Waals surface area contributed by atoms with Gasteiger partial charge in [-0.05, 0) is 86.7 Å². The quantitative estimate of drug-likeness (QED) is 0.871. The maximum atomic E-state index is 12.4. The van der Waals surface area contributed by atoms with Crippen LogP contribution in [0.2, 0.25) is 0 Å². The molecule has 1 saturated heterocycles. The summed E-state index contributed by atoms with van der Waals surface area (Å²) in [5.74, 6) is 0.806. The first-order chi connectivity index (χ1) is 12.0. The van der Waals surface area contributed by atoms with Crippen molar-refractivity contribution in [2.24, 2.45) is 5.92 Å². The fourth-order valence-corrected chi connectivity index (χ4v) is 3.26. The molecule has 132 valence electrons. The van der Waals surface area contributed by atoms with Crippen molar-refractivity contribution in [3.05, 3.63) is 64.7 Å². The predicted octanol–water partition coefficient (Wildman–Crippen LogP) is 4.79. The van der Waals surface area contributed by atoms with Crippen LogP contribution in [-0.2, 0) is 6.54 Å². The molecule has 0 radical (unpaired) electrons. The largest absolute Gasteiger partial charge is 0.322 e. The first kappa shape index (κ1) is 17.7. The molecule has 0 atom stereocenters. The lowest BCUT2D eigenvalue weighted by Crippen LogP contribution is -2.32. The van der Waals surface area contributed by atoms with Gasteiger partial charge in [0.15, 0.2) is 0 Å². The number of aryl methyl sites for hydroxylation is 2. The minimum Gasteiger partial charge on any atom is -0.322 e. The van der Waals surface area contributed by atoms with Crippen LogP contribution in [0.25, 0.3) is 0 Å². The van der Waals surface area contributed by atoms with Crippen LogP contribution < -0.4 is 5.32 Å². The highest BCUT2D eigenvalue weighted by atomic mass is 16.1. The monoisotopic (exact) mass is 336 g/mol. The highest BCUT2D eigenvalue weighted by Gasteiger charge is 2.15. The molecule has 0 aliphatic carbocycles. The molecule has 2 aromatic rings. The number of anilines is 1. The molecule has 1 heterocycles. The highest BCUT2D eigenvalue weighted by molar-refractivity contribution is 6.04. The number of likely N-dealkylation sites (tertiary alicyclic amines) is 1. The summed E-state index contributed by atoms with van der Waals surface area (Å²) in [4.78, 5) is 14.9. The zero-order valence-electron chi connectivity index (χ0n) is 15.5. The molecule has 0 aromatic heterocycles. The molecular weight excluding hydrogens is 308 g/mol. The molecule has 3 rings (SSSR count). The van der Waals surface area contributed by atoms with E-state index in [9.17, 15) is 4.79 Å². The van der Waals surface area contributed by atoms with Crippen LogP contribution in [0, 0.1) is 19.8 Å². The number of rotatable bonds is 4. The zero-order chi connectivity index (χ0) is 17.8. The van der Waals surface area contributed by atoms with Gasteiger partial charge in [0.25, 0.3) is 5.91 Å². The fraction of sp³-hybridized carbons (Fsp3) is 0.409. The third-order valence-electron chi connectivity index (χ3n) is 5.26. The van der Waals surface area contributed by atoms with E-state index in [0.717, 1.165) is 23.7 Å². The number of benzene rings is 2. The third kappa shape index (κ3) is 4.70. The van der Waals surface area contributed by atoms with E-state index < -0.39 is 0 Å². The fourth-order valence-electron chi connectivity index (χ4n) is 3.26. The number of carbonyl (C=O) groups is 1. The van der Waals surface area contributed by atoms with Crippen LogP contribution in [0.3, 0.4) is 0 Å². The summed E-state index contributed by atoms with van der Waals surface area (Å²) in [6.07, 6.45) is 2.59. The van der Waals surface area contributed by atoms with Crippen molar-refractivity contribution in [1.82, 2.24) is 4.90 Å². The van der Waals surface area contributed by atoms with Crippen LogP contribution >= 0.6 is 0 Å². The summed E-state index contributed by atoms with van der Waals surface area (Å²) in [7, 11) is 0. The van der Waals surface area contributed by atoms with Gasteiger partial charge in [0, 0.05) is 17.8 Å². The standard InChI is InChI=1S/C22H28N2O/c1-16-10-12-24(13-11-16)15-19-5-8-21(9-6-19)23-22(25)20-7-4-17(2)18(3)14-20/h4-9,14,16H,10-13,15H2,1-3H3,(H,23,25). The van der Waals surface area contributed by atoms with Gasteiger partial charge in [-0.1, -0.05) is 25.1 Å². The molecule has 0 spiro atoms. The summed E-state index contributed by atoms with van der Waals surface area (Å²) in [6, 6.07) is 14.1. The Morgan fingerprint density at radius 1 is 1.04 bits per heavy atom. The molecule has 25 heavy (non-hydrogen) atoms. The lowest BCUT2D eigenvalue weighted by atomic mass is 9.99. The zero-order valence-corrected chi connectivity index (χ0v) is 15.5. The molecule has 1 amide bonds.